The van der Waals surface area contributed by atoms with Crippen LogP contribution in [0.3, 0.4) is 0 Å². The van der Waals surface area contributed by atoms with Crippen molar-refractivity contribution in [1.82, 2.24) is 0 Å². The molecule has 0 aliphatic heterocycles. The van der Waals surface area contributed by atoms with E-state index in [1.165, 1.54) is 16.7 Å². The Bertz CT molecular complexity index is 519. The van der Waals surface area contributed by atoms with Gasteiger partial charge in [0, 0.05) is 11.1 Å². The minimum Gasteiger partial charge on any atom is -0.496 e. The van der Waals surface area contributed by atoms with Crippen LogP contribution in [-0.4, -0.2) is 7.11 Å². The summed E-state index contributed by atoms with van der Waals surface area (Å²) >= 11 is 0. The third-order valence-electron chi connectivity index (χ3n) is 3.85. The molecule has 1 rings (SSSR count). The van der Waals surface area contributed by atoms with E-state index in [-0.39, 0.29) is 10.8 Å². The number of hydrogen-bond acceptors (Lipinski definition) is 1. The molecule has 0 saturated carbocycles. The maximum atomic E-state index is 5.77. The fraction of sp³-hybridized carbons (Fsp3) is 0.550. The van der Waals surface area contributed by atoms with Crippen molar-refractivity contribution in [2.45, 2.75) is 65.7 Å². The average Bonchev–Trinajstić information content (AvgIpc) is 2.35. The van der Waals surface area contributed by atoms with Gasteiger partial charge in [-0.15, -0.1) is 5.73 Å². The van der Waals surface area contributed by atoms with E-state index >= 15 is 0 Å². The van der Waals surface area contributed by atoms with Crippen LogP contribution in [0.15, 0.2) is 18.4 Å². The van der Waals surface area contributed by atoms with Crippen molar-refractivity contribution < 1.29 is 4.74 Å². The molecular weight excluding hydrogens is 256 g/mol. The van der Waals surface area contributed by atoms with Gasteiger partial charge in [0.1, 0.15) is 5.75 Å². The van der Waals surface area contributed by atoms with E-state index in [1.54, 1.807) is 7.11 Å². The van der Waals surface area contributed by atoms with Gasteiger partial charge in [0.05, 0.1) is 7.11 Å². The van der Waals surface area contributed by atoms with Gasteiger partial charge < -0.3 is 4.74 Å². The maximum Gasteiger partial charge on any atom is 0.130 e. The van der Waals surface area contributed by atoms with Crippen molar-refractivity contribution >= 4 is 6.08 Å². The largest absolute Gasteiger partial charge is 0.496 e. The topological polar surface area (TPSA) is 9.23 Å². The molecule has 116 valence electrons. The van der Waals surface area contributed by atoms with Crippen molar-refractivity contribution in [1.29, 1.82) is 0 Å². The molecule has 0 aliphatic rings. The van der Waals surface area contributed by atoms with Gasteiger partial charge in [-0.2, -0.15) is 0 Å². The Kier molecular flexibility index (Phi) is 5.12. The molecular formula is C20H30O. The van der Waals surface area contributed by atoms with E-state index < -0.39 is 0 Å². The summed E-state index contributed by atoms with van der Waals surface area (Å²) in [5.41, 5.74) is 8.16. The first kappa shape index (κ1) is 17.6. The Morgan fingerprint density at radius 2 is 1.62 bits per heavy atom. The van der Waals surface area contributed by atoms with Crippen molar-refractivity contribution in [2.24, 2.45) is 0 Å². The first-order valence-corrected chi connectivity index (χ1v) is 7.68. The van der Waals surface area contributed by atoms with Crippen LogP contribution in [0.25, 0.3) is 6.08 Å². The number of methoxy groups -OCH3 is 1. The lowest BCUT2D eigenvalue weighted by Gasteiger charge is -2.31. The Morgan fingerprint density at radius 3 is 1.95 bits per heavy atom. The summed E-state index contributed by atoms with van der Waals surface area (Å²) < 4.78 is 5.77. The quantitative estimate of drug-likeness (QED) is 0.652. The summed E-state index contributed by atoms with van der Waals surface area (Å²) in [5, 5.41) is 0. The SMILES string of the molecule is C=C=Cc1c(CC)c(C(C)(C)C)cc(C(C)(C)C)c1OC. The average molecular weight is 286 g/mol. The summed E-state index contributed by atoms with van der Waals surface area (Å²) in [6.45, 7) is 19.4. The predicted octanol–water partition coefficient (Wildman–Crippen LogP) is 5.65. The van der Waals surface area contributed by atoms with Crippen LogP contribution in [0.5, 0.6) is 5.75 Å². The smallest absolute Gasteiger partial charge is 0.130 e. The van der Waals surface area contributed by atoms with Gasteiger partial charge in [0.2, 0.25) is 0 Å². The highest BCUT2D eigenvalue weighted by Gasteiger charge is 2.28. The zero-order valence-electron chi connectivity index (χ0n) is 15.0. The van der Waals surface area contributed by atoms with E-state index in [1.807, 2.05) is 6.08 Å². The summed E-state index contributed by atoms with van der Waals surface area (Å²) in [6, 6.07) is 2.33. The molecule has 0 saturated heterocycles. The highest BCUT2D eigenvalue weighted by Crippen LogP contribution is 2.41. The third-order valence-corrected chi connectivity index (χ3v) is 3.85. The molecule has 0 atom stereocenters. The van der Waals surface area contributed by atoms with Gasteiger partial charge in [-0.25, -0.2) is 0 Å². The van der Waals surface area contributed by atoms with Crippen LogP contribution in [0.4, 0.5) is 0 Å². The molecule has 0 N–H and O–H groups in total. The Hall–Kier alpha value is -1.46. The van der Waals surface area contributed by atoms with Gasteiger partial charge >= 0.3 is 0 Å². The molecule has 0 bridgehead atoms. The number of hydrogen-bond donors (Lipinski definition) is 0. The Morgan fingerprint density at radius 1 is 1.10 bits per heavy atom. The van der Waals surface area contributed by atoms with E-state index in [0.717, 1.165) is 17.7 Å². The second-order valence-corrected chi connectivity index (χ2v) is 7.60. The van der Waals surface area contributed by atoms with Gasteiger partial charge in [-0.05, 0) is 34.5 Å². The molecule has 1 aromatic carbocycles. The first-order valence-electron chi connectivity index (χ1n) is 7.68. The molecule has 1 heteroatoms. The number of benzene rings is 1. The molecule has 0 aromatic heterocycles. The summed E-state index contributed by atoms with van der Waals surface area (Å²) in [5.74, 6) is 0.962. The summed E-state index contributed by atoms with van der Waals surface area (Å²) in [7, 11) is 1.75. The minimum absolute atomic E-state index is 0.0291. The fourth-order valence-electron chi connectivity index (χ4n) is 2.81. The molecule has 21 heavy (non-hydrogen) atoms. The van der Waals surface area contributed by atoms with Crippen LogP contribution >= 0.6 is 0 Å². The van der Waals surface area contributed by atoms with E-state index in [2.05, 4.69) is 66.8 Å². The molecule has 0 heterocycles. The molecule has 0 spiro atoms. The van der Waals surface area contributed by atoms with E-state index in [9.17, 15) is 0 Å². The Balaban J connectivity index is 3.94. The van der Waals surface area contributed by atoms with Gasteiger partial charge in [-0.1, -0.05) is 61.1 Å². The highest BCUT2D eigenvalue weighted by molar-refractivity contribution is 5.67. The van der Waals surface area contributed by atoms with Crippen molar-refractivity contribution in [3.63, 3.8) is 0 Å². The van der Waals surface area contributed by atoms with E-state index in [4.69, 9.17) is 4.74 Å². The van der Waals surface area contributed by atoms with Crippen molar-refractivity contribution in [2.75, 3.05) is 7.11 Å². The van der Waals surface area contributed by atoms with Crippen molar-refractivity contribution in [3.8, 4) is 5.75 Å². The van der Waals surface area contributed by atoms with Crippen LogP contribution < -0.4 is 4.74 Å². The van der Waals surface area contributed by atoms with Gasteiger partial charge in [0.25, 0.3) is 0 Å². The second-order valence-electron chi connectivity index (χ2n) is 7.60. The zero-order chi connectivity index (χ0) is 16.4. The molecule has 0 radical (unpaired) electrons. The minimum atomic E-state index is 0.0291. The molecule has 1 nitrogen and oxygen atoms in total. The van der Waals surface area contributed by atoms with Crippen molar-refractivity contribution in [3.05, 3.63) is 40.6 Å². The molecule has 0 amide bonds. The normalized spacial score (nSPS) is 12.0. The third kappa shape index (κ3) is 3.60. The van der Waals surface area contributed by atoms with Crippen LogP contribution in [0.1, 0.15) is 70.7 Å². The standard InChI is InChI=1S/C20H30O/c1-10-12-15-14(11-2)16(19(3,4)5)13-17(18(15)21-9)20(6,7)8/h12-13H,1,11H2,2-9H3. The lowest BCUT2D eigenvalue weighted by Crippen LogP contribution is -2.20. The molecule has 0 unspecified atom stereocenters. The molecule has 1 aromatic rings. The number of rotatable bonds is 3. The van der Waals surface area contributed by atoms with Crippen LogP contribution in [0.2, 0.25) is 0 Å². The zero-order valence-corrected chi connectivity index (χ0v) is 15.0. The lowest BCUT2D eigenvalue weighted by molar-refractivity contribution is 0.394. The predicted molar refractivity (Wildman–Crippen MR) is 93.4 cm³/mol. The lowest BCUT2D eigenvalue weighted by atomic mass is 9.75. The maximum absolute atomic E-state index is 5.77. The monoisotopic (exact) mass is 286 g/mol. The summed E-state index contributed by atoms with van der Waals surface area (Å²) in [6.07, 6.45) is 2.93. The molecule has 0 fully saturated rings. The van der Waals surface area contributed by atoms with E-state index in [0.29, 0.717) is 0 Å². The Labute approximate surface area is 130 Å². The first-order chi connectivity index (χ1) is 9.57. The fourth-order valence-corrected chi connectivity index (χ4v) is 2.81. The highest BCUT2D eigenvalue weighted by atomic mass is 16.5. The van der Waals surface area contributed by atoms with Crippen LogP contribution in [-0.2, 0) is 17.3 Å². The van der Waals surface area contributed by atoms with Gasteiger partial charge in [-0.3, -0.25) is 0 Å². The van der Waals surface area contributed by atoms with Gasteiger partial charge in [0.15, 0.2) is 0 Å². The van der Waals surface area contributed by atoms with Crippen LogP contribution in [0, 0.1) is 0 Å². The second kappa shape index (κ2) is 6.12. The summed E-state index contributed by atoms with van der Waals surface area (Å²) in [4.78, 5) is 0. The molecule has 0 aliphatic carbocycles. The number of ether oxygens (including phenoxy) is 1.